The van der Waals surface area contributed by atoms with Crippen LogP contribution in [-0.2, 0) is 6.54 Å². The van der Waals surface area contributed by atoms with Crippen molar-refractivity contribution < 1.29 is 13.9 Å². The molecular formula is C23H24N2O3. The zero-order valence-electron chi connectivity index (χ0n) is 15.8. The van der Waals surface area contributed by atoms with Gasteiger partial charge in [-0.15, -0.1) is 0 Å². The Morgan fingerprint density at radius 3 is 2.71 bits per heavy atom. The fourth-order valence-corrected chi connectivity index (χ4v) is 4.07. The average molecular weight is 376 g/mol. The van der Waals surface area contributed by atoms with Crippen LogP contribution in [0.2, 0.25) is 0 Å². The first kappa shape index (κ1) is 17.3. The van der Waals surface area contributed by atoms with Gasteiger partial charge in [0.15, 0.2) is 17.3 Å². The zero-order chi connectivity index (χ0) is 18.8. The monoisotopic (exact) mass is 376 g/mol. The molecule has 0 N–H and O–H groups in total. The normalized spacial score (nSPS) is 19.5. The van der Waals surface area contributed by atoms with Crippen molar-refractivity contribution in [1.82, 2.24) is 9.88 Å². The first-order valence-corrected chi connectivity index (χ1v) is 10.0. The Hall–Kier alpha value is -2.79. The highest BCUT2D eigenvalue weighted by atomic mass is 16.5. The van der Waals surface area contributed by atoms with Gasteiger partial charge < -0.3 is 13.9 Å². The van der Waals surface area contributed by atoms with Crippen LogP contribution >= 0.6 is 0 Å². The van der Waals surface area contributed by atoms with Crippen molar-refractivity contribution in [2.24, 2.45) is 0 Å². The second-order valence-corrected chi connectivity index (χ2v) is 7.37. The van der Waals surface area contributed by atoms with Crippen molar-refractivity contribution in [2.45, 2.75) is 31.8 Å². The van der Waals surface area contributed by atoms with E-state index in [0.29, 0.717) is 19.2 Å². The van der Waals surface area contributed by atoms with Gasteiger partial charge in [-0.3, -0.25) is 4.90 Å². The van der Waals surface area contributed by atoms with E-state index in [0.717, 1.165) is 54.7 Å². The van der Waals surface area contributed by atoms with E-state index < -0.39 is 0 Å². The van der Waals surface area contributed by atoms with Gasteiger partial charge >= 0.3 is 0 Å². The summed E-state index contributed by atoms with van der Waals surface area (Å²) in [5.74, 6) is 3.30. The lowest BCUT2D eigenvalue weighted by atomic mass is 10.0. The zero-order valence-corrected chi connectivity index (χ0v) is 15.8. The van der Waals surface area contributed by atoms with Gasteiger partial charge in [0.25, 0.3) is 0 Å². The number of oxazole rings is 1. The minimum Gasteiger partial charge on any atom is -0.490 e. The van der Waals surface area contributed by atoms with Crippen molar-refractivity contribution in [3.05, 3.63) is 66.2 Å². The molecule has 3 heterocycles. The Labute approximate surface area is 164 Å². The quantitative estimate of drug-likeness (QED) is 0.652. The number of nitrogens with zero attached hydrogens (tertiary/aromatic N) is 2. The molecule has 28 heavy (non-hydrogen) atoms. The van der Waals surface area contributed by atoms with E-state index in [2.05, 4.69) is 22.0 Å². The molecule has 1 atom stereocenters. The fourth-order valence-electron chi connectivity index (χ4n) is 4.07. The maximum Gasteiger partial charge on any atom is 0.209 e. The largest absolute Gasteiger partial charge is 0.490 e. The highest BCUT2D eigenvalue weighted by Crippen LogP contribution is 2.38. The van der Waals surface area contributed by atoms with E-state index in [1.54, 1.807) is 0 Å². The molecule has 0 amide bonds. The molecule has 1 fully saturated rings. The minimum atomic E-state index is 0.351. The Morgan fingerprint density at radius 2 is 1.82 bits per heavy atom. The van der Waals surface area contributed by atoms with Gasteiger partial charge in [-0.1, -0.05) is 36.4 Å². The summed E-state index contributed by atoms with van der Waals surface area (Å²) in [6, 6.07) is 16.8. The third-order valence-electron chi connectivity index (χ3n) is 5.47. The molecule has 0 bridgehead atoms. The van der Waals surface area contributed by atoms with Gasteiger partial charge in [0.05, 0.1) is 26.0 Å². The standard InChI is InChI=1S/C23H24N2O3/c1-2-6-17(7-3-1)22-15-24-23(28-22)16-25-11-4-8-19(25)18-9-10-20-21(14-18)27-13-5-12-26-20/h1-3,6-7,9-10,14-15,19H,4-5,8,11-13,16H2. The van der Waals surface area contributed by atoms with Gasteiger partial charge in [-0.2, -0.15) is 0 Å². The summed E-state index contributed by atoms with van der Waals surface area (Å²) in [6.45, 7) is 3.19. The molecule has 5 heteroatoms. The van der Waals surface area contributed by atoms with Gasteiger partial charge in [-0.25, -0.2) is 4.98 Å². The molecule has 0 saturated carbocycles. The maximum atomic E-state index is 6.03. The van der Waals surface area contributed by atoms with E-state index in [-0.39, 0.29) is 0 Å². The Bertz CT molecular complexity index is 938. The van der Waals surface area contributed by atoms with Crippen molar-refractivity contribution in [2.75, 3.05) is 19.8 Å². The van der Waals surface area contributed by atoms with Crippen molar-refractivity contribution in [1.29, 1.82) is 0 Å². The fraction of sp³-hybridized carbons (Fsp3) is 0.348. The number of aromatic nitrogens is 1. The van der Waals surface area contributed by atoms with Gasteiger partial charge in [0, 0.05) is 18.0 Å². The molecule has 1 saturated heterocycles. The summed E-state index contributed by atoms with van der Waals surface area (Å²) >= 11 is 0. The summed E-state index contributed by atoms with van der Waals surface area (Å²) in [5.41, 5.74) is 2.33. The Morgan fingerprint density at radius 1 is 0.964 bits per heavy atom. The van der Waals surface area contributed by atoms with Crippen LogP contribution in [0.5, 0.6) is 11.5 Å². The van der Waals surface area contributed by atoms with Crippen molar-refractivity contribution >= 4 is 0 Å². The lowest BCUT2D eigenvalue weighted by Gasteiger charge is -2.24. The molecule has 3 aromatic rings. The molecule has 2 aliphatic heterocycles. The number of benzene rings is 2. The van der Waals surface area contributed by atoms with Crippen LogP contribution in [-0.4, -0.2) is 29.6 Å². The van der Waals surface area contributed by atoms with Crippen LogP contribution in [0.3, 0.4) is 0 Å². The SMILES string of the molecule is c1ccc(-c2cnc(CN3CCCC3c3ccc4c(c3)OCCCO4)o2)cc1. The molecule has 144 valence electrons. The summed E-state index contributed by atoms with van der Waals surface area (Å²) in [6.07, 6.45) is 5.05. The Balaban J connectivity index is 1.34. The third kappa shape index (κ3) is 3.50. The number of hydrogen-bond acceptors (Lipinski definition) is 5. The van der Waals surface area contributed by atoms with E-state index in [1.807, 2.05) is 42.6 Å². The minimum absolute atomic E-state index is 0.351. The maximum absolute atomic E-state index is 6.03. The summed E-state index contributed by atoms with van der Waals surface area (Å²) in [4.78, 5) is 6.96. The molecular weight excluding hydrogens is 352 g/mol. The van der Waals surface area contributed by atoms with Crippen LogP contribution in [0.4, 0.5) is 0 Å². The van der Waals surface area contributed by atoms with Crippen LogP contribution in [0.1, 0.15) is 36.8 Å². The summed E-state index contributed by atoms with van der Waals surface area (Å²) in [7, 11) is 0. The highest BCUT2D eigenvalue weighted by Gasteiger charge is 2.28. The number of likely N-dealkylation sites (tertiary alicyclic amines) is 1. The molecule has 0 aliphatic carbocycles. The second kappa shape index (κ2) is 7.68. The summed E-state index contributed by atoms with van der Waals surface area (Å²) < 4.78 is 17.7. The topological polar surface area (TPSA) is 47.7 Å². The van der Waals surface area contributed by atoms with Crippen molar-refractivity contribution in [3.63, 3.8) is 0 Å². The highest BCUT2D eigenvalue weighted by molar-refractivity contribution is 5.55. The van der Waals surface area contributed by atoms with Crippen molar-refractivity contribution in [3.8, 4) is 22.8 Å². The first-order chi connectivity index (χ1) is 13.9. The van der Waals surface area contributed by atoms with E-state index in [4.69, 9.17) is 13.9 Å². The Kier molecular flexibility index (Phi) is 4.75. The molecule has 5 nitrogen and oxygen atoms in total. The van der Waals surface area contributed by atoms with Crippen LogP contribution in [0.25, 0.3) is 11.3 Å². The van der Waals surface area contributed by atoms with Crippen LogP contribution < -0.4 is 9.47 Å². The molecule has 0 spiro atoms. The van der Waals surface area contributed by atoms with Crippen LogP contribution in [0, 0.1) is 0 Å². The van der Waals surface area contributed by atoms with Gasteiger partial charge in [0.2, 0.25) is 5.89 Å². The van der Waals surface area contributed by atoms with E-state index in [1.165, 1.54) is 12.0 Å². The number of ether oxygens (including phenoxy) is 2. The average Bonchev–Trinajstić information content (AvgIpc) is 3.33. The number of rotatable bonds is 4. The van der Waals surface area contributed by atoms with E-state index in [9.17, 15) is 0 Å². The van der Waals surface area contributed by atoms with Crippen LogP contribution in [0.15, 0.2) is 59.1 Å². The lowest BCUT2D eigenvalue weighted by Crippen LogP contribution is -2.23. The molecule has 1 aromatic heterocycles. The molecule has 0 radical (unpaired) electrons. The lowest BCUT2D eigenvalue weighted by molar-refractivity contribution is 0.223. The third-order valence-corrected chi connectivity index (χ3v) is 5.47. The molecule has 2 aliphatic rings. The molecule has 1 unspecified atom stereocenters. The first-order valence-electron chi connectivity index (χ1n) is 10.0. The van der Waals surface area contributed by atoms with E-state index >= 15 is 0 Å². The number of hydrogen-bond donors (Lipinski definition) is 0. The smallest absolute Gasteiger partial charge is 0.209 e. The van der Waals surface area contributed by atoms with Gasteiger partial charge in [0.1, 0.15) is 0 Å². The van der Waals surface area contributed by atoms with Gasteiger partial charge in [-0.05, 0) is 37.1 Å². The molecule has 2 aromatic carbocycles. The molecule has 5 rings (SSSR count). The second-order valence-electron chi connectivity index (χ2n) is 7.37. The predicted molar refractivity (Wildman–Crippen MR) is 106 cm³/mol. The predicted octanol–water partition coefficient (Wildman–Crippen LogP) is 4.84. The number of fused-ring (bicyclic) bond motifs is 1. The summed E-state index contributed by atoms with van der Waals surface area (Å²) in [5, 5.41) is 0.